The molecule has 7 nitrogen and oxygen atoms in total. The molecule has 1 amide bonds. The number of nitrogens with zero attached hydrogens (tertiary/aromatic N) is 2. The minimum Gasteiger partial charge on any atom is -0.319 e. The number of amides is 1. The highest BCUT2D eigenvalue weighted by Crippen LogP contribution is 2.27. The van der Waals surface area contributed by atoms with Crippen LogP contribution in [0.4, 0.5) is 15.8 Å². The van der Waals surface area contributed by atoms with Crippen LogP contribution in [0.5, 0.6) is 0 Å². The van der Waals surface area contributed by atoms with Crippen molar-refractivity contribution in [2.45, 2.75) is 0 Å². The highest BCUT2D eigenvalue weighted by molar-refractivity contribution is 6.05. The number of benzene rings is 1. The Morgan fingerprint density at radius 1 is 1.38 bits per heavy atom. The lowest BCUT2D eigenvalue weighted by molar-refractivity contribution is -0.384. The molecule has 0 fully saturated rings. The molecule has 2 rings (SSSR count). The van der Waals surface area contributed by atoms with Gasteiger partial charge in [0.05, 0.1) is 4.92 Å². The van der Waals surface area contributed by atoms with Crippen molar-refractivity contribution >= 4 is 17.3 Å². The van der Waals surface area contributed by atoms with E-state index in [1.165, 1.54) is 29.9 Å². The second kappa shape index (κ2) is 5.53. The summed E-state index contributed by atoms with van der Waals surface area (Å²) < 4.78 is 14.9. The summed E-state index contributed by atoms with van der Waals surface area (Å²) in [6.07, 6.45) is 1.37. The van der Waals surface area contributed by atoms with Gasteiger partial charge in [-0.2, -0.15) is 0 Å². The standard InChI is InChI=1S/C13H10FN3O4/c1-16-6-5-8(7-11(16)18)13(19)15-12-9(14)3-2-4-10(12)17(20)21/h2-7H,1H3,(H,15,19). The number of halogens is 1. The van der Waals surface area contributed by atoms with Crippen molar-refractivity contribution in [3.63, 3.8) is 0 Å². The number of nitro groups is 1. The Morgan fingerprint density at radius 2 is 2.10 bits per heavy atom. The van der Waals surface area contributed by atoms with Gasteiger partial charge in [0.2, 0.25) is 0 Å². The van der Waals surface area contributed by atoms with E-state index < -0.39 is 33.6 Å². The molecule has 8 heteroatoms. The number of carbonyl (C=O) groups is 1. The molecule has 0 aliphatic rings. The second-order valence-corrected chi connectivity index (χ2v) is 4.21. The Bertz CT molecular complexity index is 785. The number of aromatic nitrogens is 1. The number of para-hydroxylation sites is 1. The quantitative estimate of drug-likeness (QED) is 0.687. The van der Waals surface area contributed by atoms with E-state index in [4.69, 9.17) is 0 Å². The Hall–Kier alpha value is -3.03. The van der Waals surface area contributed by atoms with Crippen molar-refractivity contribution in [2.24, 2.45) is 7.05 Å². The number of nitro benzene ring substituents is 1. The van der Waals surface area contributed by atoms with E-state index in [1.54, 1.807) is 0 Å². The van der Waals surface area contributed by atoms with E-state index in [9.17, 15) is 24.1 Å². The zero-order valence-electron chi connectivity index (χ0n) is 10.9. The van der Waals surface area contributed by atoms with Gasteiger partial charge >= 0.3 is 0 Å². The van der Waals surface area contributed by atoms with Crippen LogP contribution in [0.1, 0.15) is 10.4 Å². The first-order chi connectivity index (χ1) is 9.90. The number of hydrogen-bond acceptors (Lipinski definition) is 4. The molecular weight excluding hydrogens is 281 g/mol. The minimum atomic E-state index is -0.929. The topological polar surface area (TPSA) is 94.2 Å². The van der Waals surface area contributed by atoms with Gasteiger partial charge in [-0.1, -0.05) is 6.07 Å². The number of nitrogens with one attached hydrogen (secondary N) is 1. The lowest BCUT2D eigenvalue weighted by atomic mass is 10.2. The molecule has 1 aromatic heterocycles. The summed E-state index contributed by atoms with van der Waals surface area (Å²) in [5.41, 5.74) is -1.54. The summed E-state index contributed by atoms with van der Waals surface area (Å²) in [6, 6.07) is 5.64. The number of hydrogen-bond donors (Lipinski definition) is 1. The molecule has 0 aliphatic heterocycles. The maximum atomic E-state index is 13.6. The summed E-state index contributed by atoms with van der Waals surface area (Å²) in [5, 5.41) is 12.9. The molecule has 0 radical (unpaired) electrons. The minimum absolute atomic E-state index is 0.0179. The molecule has 0 unspecified atom stereocenters. The van der Waals surface area contributed by atoms with Gasteiger partial charge in [0, 0.05) is 30.9 Å². The van der Waals surface area contributed by atoms with Crippen LogP contribution >= 0.6 is 0 Å². The molecule has 0 aliphatic carbocycles. The molecule has 21 heavy (non-hydrogen) atoms. The molecule has 1 aromatic carbocycles. The monoisotopic (exact) mass is 291 g/mol. The summed E-state index contributed by atoms with van der Waals surface area (Å²) in [7, 11) is 1.51. The number of carbonyl (C=O) groups excluding carboxylic acids is 1. The van der Waals surface area contributed by atoms with E-state index in [-0.39, 0.29) is 5.56 Å². The number of aryl methyl sites for hydroxylation is 1. The van der Waals surface area contributed by atoms with Crippen LogP contribution < -0.4 is 10.9 Å². The predicted octanol–water partition coefficient (Wildman–Crippen LogP) is 1.68. The highest BCUT2D eigenvalue weighted by Gasteiger charge is 2.20. The van der Waals surface area contributed by atoms with Gasteiger partial charge in [0.25, 0.3) is 17.2 Å². The van der Waals surface area contributed by atoms with Crippen LogP contribution in [0.3, 0.4) is 0 Å². The fourth-order valence-electron chi connectivity index (χ4n) is 1.66. The van der Waals surface area contributed by atoms with Crippen LogP contribution in [0.2, 0.25) is 0 Å². The summed E-state index contributed by atoms with van der Waals surface area (Å²) in [5.74, 6) is -1.73. The van der Waals surface area contributed by atoms with Gasteiger partial charge in [-0.15, -0.1) is 0 Å². The van der Waals surface area contributed by atoms with Gasteiger partial charge < -0.3 is 9.88 Å². The summed E-state index contributed by atoms with van der Waals surface area (Å²) >= 11 is 0. The number of anilines is 1. The molecule has 0 spiro atoms. The smallest absolute Gasteiger partial charge is 0.295 e. The number of pyridine rings is 1. The summed E-state index contributed by atoms with van der Waals surface area (Å²) in [6.45, 7) is 0. The number of rotatable bonds is 3. The van der Waals surface area contributed by atoms with Crippen LogP contribution in [0.15, 0.2) is 41.3 Å². The molecule has 0 saturated heterocycles. The van der Waals surface area contributed by atoms with Crippen molar-refractivity contribution in [1.82, 2.24) is 4.57 Å². The van der Waals surface area contributed by atoms with Gasteiger partial charge in [-0.05, 0) is 12.1 Å². The third-order valence-electron chi connectivity index (χ3n) is 2.79. The molecule has 108 valence electrons. The van der Waals surface area contributed by atoms with Crippen LogP contribution in [-0.4, -0.2) is 15.4 Å². The van der Waals surface area contributed by atoms with E-state index in [0.29, 0.717) is 0 Å². The molecular formula is C13H10FN3O4. The normalized spacial score (nSPS) is 10.2. The third-order valence-corrected chi connectivity index (χ3v) is 2.79. The summed E-state index contributed by atoms with van der Waals surface area (Å²) in [4.78, 5) is 33.4. The fraction of sp³-hybridized carbons (Fsp3) is 0.0769. The van der Waals surface area contributed by atoms with Crippen molar-refractivity contribution in [2.75, 3.05) is 5.32 Å². The predicted molar refractivity (Wildman–Crippen MR) is 72.7 cm³/mol. The highest BCUT2D eigenvalue weighted by atomic mass is 19.1. The van der Waals surface area contributed by atoms with Crippen molar-refractivity contribution in [3.05, 3.63) is 68.4 Å². The van der Waals surface area contributed by atoms with Gasteiger partial charge in [-0.25, -0.2) is 4.39 Å². The largest absolute Gasteiger partial charge is 0.319 e. The Balaban J connectivity index is 2.38. The Morgan fingerprint density at radius 3 is 2.71 bits per heavy atom. The first-order valence-corrected chi connectivity index (χ1v) is 5.81. The molecule has 0 saturated carbocycles. The maximum absolute atomic E-state index is 13.6. The maximum Gasteiger partial charge on any atom is 0.295 e. The first-order valence-electron chi connectivity index (χ1n) is 5.81. The fourth-order valence-corrected chi connectivity index (χ4v) is 1.66. The van der Waals surface area contributed by atoms with Gasteiger partial charge in [-0.3, -0.25) is 19.7 Å². The SMILES string of the molecule is Cn1ccc(C(=O)Nc2c(F)cccc2[N+](=O)[O-])cc1=O. The van der Waals surface area contributed by atoms with Crippen molar-refractivity contribution in [1.29, 1.82) is 0 Å². The zero-order chi connectivity index (χ0) is 15.6. The zero-order valence-corrected chi connectivity index (χ0v) is 10.9. The average Bonchev–Trinajstić information content (AvgIpc) is 2.43. The average molecular weight is 291 g/mol. The third kappa shape index (κ3) is 2.94. The van der Waals surface area contributed by atoms with E-state index >= 15 is 0 Å². The molecule has 0 atom stereocenters. The second-order valence-electron chi connectivity index (χ2n) is 4.21. The molecule has 1 heterocycles. The molecule has 2 aromatic rings. The Kier molecular flexibility index (Phi) is 3.79. The van der Waals surface area contributed by atoms with Crippen LogP contribution in [0, 0.1) is 15.9 Å². The lowest BCUT2D eigenvalue weighted by Gasteiger charge is -2.07. The Labute approximate surface area is 117 Å². The lowest BCUT2D eigenvalue weighted by Crippen LogP contribution is -2.20. The van der Waals surface area contributed by atoms with Crippen molar-refractivity contribution < 1.29 is 14.1 Å². The molecule has 0 bridgehead atoms. The van der Waals surface area contributed by atoms with E-state index in [1.807, 2.05) is 0 Å². The van der Waals surface area contributed by atoms with E-state index in [0.717, 1.165) is 18.2 Å². The van der Waals surface area contributed by atoms with Gasteiger partial charge in [0.1, 0.15) is 0 Å². The van der Waals surface area contributed by atoms with Crippen LogP contribution in [-0.2, 0) is 7.05 Å². The first kappa shape index (κ1) is 14.4. The van der Waals surface area contributed by atoms with Crippen molar-refractivity contribution in [3.8, 4) is 0 Å². The van der Waals surface area contributed by atoms with Gasteiger partial charge in [0.15, 0.2) is 11.5 Å². The van der Waals surface area contributed by atoms with Crippen LogP contribution in [0.25, 0.3) is 0 Å². The van der Waals surface area contributed by atoms with E-state index in [2.05, 4.69) is 5.32 Å². The molecule has 1 N–H and O–H groups in total.